The van der Waals surface area contributed by atoms with Crippen molar-refractivity contribution < 1.29 is 4.39 Å². The lowest BCUT2D eigenvalue weighted by Crippen LogP contribution is -2.03. The number of nitrogens with zero attached hydrogens (tertiary/aromatic N) is 3. The fraction of sp³-hybridized carbons (Fsp3) is 0.143. The van der Waals surface area contributed by atoms with E-state index in [0.29, 0.717) is 6.54 Å². The van der Waals surface area contributed by atoms with E-state index in [1.165, 1.54) is 12.1 Å². The molecule has 6 heteroatoms. The average molecular weight is 382 g/mol. The molecule has 20 heavy (non-hydrogen) atoms. The molecule has 3 rings (SSSR count). The molecule has 0 spiro atoms. The number of fused-ring (bicyclic) bond motifs is 1. The van der Waals surface area contributed by atoms with Crippen LogP contribution in [0.25, 0.3) is 5.65 Å². The Morgan fingerprint density at radius 3 is 3.00 bits per heavy atom. The van der Waals surface area contributed by atoms with Gasteiger partial charge in [-0.3, -0.25) is 0 Å². The number of hydrogen-bond donors (Lipinski definition) is 1. The SMILES string of the molecule is Cc1cc2ncc(CNc3ccc(F)cc3I)cn2n1. The predicted molar refractivity (Wildman–Crippen MR) is 84.2 cm³/mol. The van der Waals surface area contributed by atoms with Crippen molar-refractivity contribution in [1.29, 1.82) is 0 Å². The zero-order valence-corrected chi connectivity index (χ0v) is 12.9. The lowest BCUT2D eigenvalue weighted by Gasteiger charge is -2.08. The molecular formula is C14H12FIN4. The number of benzene rings is 1. The zero-order chi connectivity index (χ0) is 14.1. The van der Waals surface area contributed by atoms with Crippen molar-refractivity contribution in [1.82, 2.24) is 14.6 Å². The van der Waals surface area contributed by atoms with Gasteiger partial charge in [-0.25, -0.2) is 13.9 Å². The highest BCUT2D eigenvalue weighted by Gasteiger charge is 2.03. The summed E-state index contributed by atoms with van der Waals surface area (Å²) in [5, 5.41) is 7.61. The van der Waals surface area contributed by atoms with Crippen molar-refractivity contribution >= 4 is 33.9 Å². The molecule has 2 heterocycles. The number of hydrogen-bond acceptors (Lipinski definition) is 3. The second-order valence-corrected chi connectivity index (χ2v) is 5.69. The van der Waals surface area contributed by atoms with Crippen molar-refractivity contribution in [3.05, 3.63) is 57.3 Å². The van der Waals surface area contributed by atoms with Gasteiger partial charge in [0.2, 0.25) is 0 Å². The van der Waals surface area contributed by atoms with Crippen molar-refractivity contribution in [3.8, 4) is 0 Å². The smallest absolute Gasteiger partial charge is 0.155 e. The third-order valence-electron chi connectivity index (χ3n) is 2.90. The standard InChI is InChI=1S/C14H12FIN4/c1-9-4-14-18-7-10(8-20(14)19-9)6-17-13-3-2-11(15)5-12(13)16/h2-5,7-8,17H,6H2,1H3. The average Bonchev–Trinajstić information content (AvgIpc) is 2.77. The third kappa shape index (κ3) is 2.74. The summed E-state index contributed by atoms with van der Waals surface area (Å²) in [6.07, 6.45) is 3.76. The fourth-order valence-corrected chi connectivity index (χ4v) is 2.62. The van der Waals surface area contributed by atoms with Gasteiger partial charge in [0.05, 0.1) is 5.69 Å². The molecule has 1 aromatic carbocycles. The Kier molecular flexibility index (Phi) is 3.56. The van der Waals surface area contributed by atoms with Crippen molar-refractivity contribution in [2.45, 2.75) is 13.5 Å². The number of rotatable bonds is 3. The van der Waals surface area contributed by atoms with E-state index in [9.17, 15) is 4.39 Å². The van der Waals surface area contributed by atoms with E-state index in [-0.39, 0.29) is 5.82 Å². The maximum absolute atomic E-state index is 13.0. The van der Waals surface area contributed by atoms with E-state index in [0.717, 1.165) is 26.2 Å². The summed E-state index contributed by atoms with van der Waals surface area (Å²) < 4.78 is 15.7. The Balaban J connectivity index is 1.79. The van der Waals surface area contributed by atoms with Crippen LogP contribution in [0, 0.1) is 16.3 Å². The Hall–Kier alpha value is -1.70. The topological polar surface area (TPSA) is 42.2 Å². The molecule has 0 unspecified atom stereocenters. The van der Waals surface area contributed by atoms with Gasteiger partial charge in [-0.1, -0.05) is 0 Å². The molecule has 0 saturated heterocycles. The molecule has 2 aromatic heterocycles. The Labute approximate surface area is 129 Å². The van der Waals surface area contributed by atoms with Gasteiger partial charge < -0.3 is 5.32 Å². The van der Waals surface area contributed by atoms with E-state index in [1.807, 2.05) is 25.4 Å². The van der Waals surface area contributed by atoms with Crippen LogP contribution >= 0.6 is 22.6 Å². The molecule has 0 aliphatic heterocycles. The highest BCUT2D eigenvalue weighted by molar-refractivity contribution is 14.1. The summed E-state index contributed by atoms with van der Waals surface area (Å²) in [7, 11) is 0. The first-order valence-electron chi connectivity index (χ1n) is 6.12. The lowest BCUT2D eigenvalue weighted by molar-refractivity contribution is 0.627. The van der Waals surface area contributed by atoms with Crippen LogP contribution in [0.2, 0.25) is 0 Å². The maximum Gasteiger partial charge on any atom is 0.155 e. The molecule has 102 valence electrons. The summed E-state index contributed by atoms with van der Waals surface area (Å²) in [6, 6.07) is 6.62. The predicted octanol–water partition coefficient (Wildman–Crippen LogP) is 3.39. The normalized spacial score (nSPS) is 10.9. The first-order chi connectivity index (χ1) is 9.61. The third-order valence-corrected chi connectivity index (χ3v) is 3.80. The van der Waals surface area contributed by atoms with Crippen LogP contribution in [0.15, 0.2) is 36.7 Å². The number of aromatic nitrogens is 3. The molecule has 3 aromatic rings. The molecule has 0 aliphatic rings. The quantitative estimate of drug-likeness (QED) is 0.707. The second kappa shape index (κ2) is 5.35. The fourth-order valence-electron chi connectivity index (χ4n) is 1.96. The van der Waals surface area contributed by atoms with Crippen LogP contribution in [0.1, 0.15) is 11.3 Å². The van der Waals surface area contributed by atoms with Crippen LogP contribution in [-0.4, -0.2) is 14.6 Å². The molecule has 0 radical (unpaired) electrons. The minimum absolute atomic E-state index is 0.227. The van der Waals surface area contributed by atoms with Crippen LogP contribution in [0.4, 0.5) is 10.1 Å². The van der Waals surface area contributed by atoms with Crippen LogP contribution in [0.5, 0.6) is 0 Å². The lowest BCUT2D eigenvalue weighted by atomic mass is 10.3. The monoisotopic (exact) mass is 382 g/mol. The summed E-state index contributed by atoms with van der Waals surface area (Å²) in [5.74, 6) is -0.227. The summed E-state index contributed by atoms with van der Waals surface area (Å²) in [5.41, 5.74) is 3.70. The van der Waals surface area contributed by atoms with Crippen molar-refractivity contribution in [2.75, 3.05) is 5.32 Å². The van der Waals surface area contributed by atoms with E-state index in [2.05, 4.69) is 38.0 Å². The Morgan fingerprint density at radius 2 is 2.20 bits per heavy atom. The summed E-state index contributed by atoms with van der Waals surface area (Å²) in [6.45, 7) is 2.55. The van der Waals surface area contributed by atoms with Crippen molar-refractivity contribution in [3.63, 3.8) is 0 Å². The van der Waals surface area contributed by atoms with Gasteiger partial charge in [0.15, 0.2) is 5.65 Å². The first kappa shape index (κ1) is 13.3. The second-order valence-electron chi connectivity index (χ2n) is 4.53. The maximum atomic E-state index is 13.0. The first-order valence-corrected chi connectivity index (χ1v) is 7.19. The molecule has 0 bridgehead atoms. The van der Waals surface area contributed by atoms with E-state index in [1.54, 1.807) is 10.6 Å². The van der Waals surface area contributed by atoms with Crippen molar-refractivity contribution in [2.24, 2.45) is 0 Å². The molecule has 0 saturated carbocycles. The molecule has 0 aliphatic carbocycles. The van der Waals surface area contributed by atoms with Gasteiger partial charge in [-0.05, 0) is 47.7 Å². The molecule has 1 N–H and O–H groups in total. The van der Waals surface area contributed by atoms with E-state index < -0.39 is 0 Å². The minimum Gasteiger partial charge on any atom is -0.380 e. The Bertz CT molecular complexity index is 769. The van der Waals surface area contributed by atoms with E-state index in [4.69, 9.17) is 0 Å². The molecule has 0 fully saturated rings. The number of anilines is 1. The molecule has 0 amide bonds. The molecule has 4 nitrogen and oxygen atoms in total. The van der Waals surface area contributed by atoms with Crippen LogP contribution < -0.4 is 5.32 Å². The minimum atomic E-state index is -0.227. The largest absolute Gasteiger partial charge is 0.380 e. The van der Waals surface area contributed by atoms with Crippen LogP contribution in [0.3, 0.4) is 0 Å². The van der Waals surface area contributed by atoms with Gasteiger partial charge in [-0.2, -0.15) is 5.10 Å². The summed E-state index contributed by atoms with van der Waals surface area (Å²) >= 11 is 2.11. The Morgan fingerprint density at radius 1 is 1.35 bits per heavy atom. The number of halogens is 2. The highest BCUT2D eigenvalue weighted by Crippen LogP contribution is 2.19. The van der Waals surface area contributed by atoms with E-state index >= 15 is 0 Å². The van der Waals surface area contributed by atoms with Gasteiger partial charge in [-0.15, -0.1) is 0 Å². The molecule has 0 atom stereocenters. The summed E-state index contributed by atoms with van der Waals surface area (Å²) in [4.78, 5) is 4.35. The highest BCUT2D eigenvalue weighted by atomic mass is 127. The van der Waals surface area contributed by atoms with Crippen LogP contribution in [-0.2, 0) is 6.54 Å². The number of nitrogens with one attached hydrogen (secondary N) is 1. The number of aryl methyl sites for hydroxylation is 1. The van der Waals surface area contributed by atoms with Gasteiger partial charge >= 0.3 is 0 Å². The molecular weight excluding hydrogens is 370 g/mol. The van der Waals surface area contributed by atoms with Gasteiger partial charge in [0, 0.05) is 39.8 Å². The zero-order valence-electron chi connectivity index (χ0n) is 10.8. The van der Waals surface area contributed by atoms with Gasteiger partial charge in [0.1, 0.15) is 5.82 Å². The van der Waals surface area contributed by atoms with Gasteiger partial charge in [0.25, 0.3) is 0 Å².